The summed E-state index contributed by atoms with van der Waals surface area (Å²) in [5.74, 6) is 0.851. The molecule has 0 saturated heterocycles. The zero-order chi connectivity index (χ0) is 11.1. The average Bonchev–Trinajstić information content (AvgIpc) is 2.25. The maximum absolute atomic E-state index is 5.91. The minimum absolute atomic E-state index is 0.697. The van der Waals surface area contributed by atoms with E-state index in [0.717, 1.165) is 29.4 Å². The van der Waals surface area contributed by atoms with Crippen LogP contribution in [-0.4, -0.2) is 27.4 Å². The first-order valence-electron chi connectivity index (χ1n) is 4.80. The van der Waals surface area contributed by atoms with Gasteiger partial charge in [0.1, 0.15) is 5.75 Å². The smallest absolute Gasteiger partial charge is 0.123 e. The van der Waals surface area contributed by atoms with Crippen LogP contribution in [0, 0.1) is 0 Å². The van der Waals surface area contributed by atoms with Crippen LogP contribution in [0.5, 0.6) is 5.75 Å². The van der Waals surface area contributed by atoms with Crippen LogP contribution in [0.2, 0.25) is 5.02 Å². The van der Waals surface area contributed by atoms with Crippen molar-refractivity contribution in [2.24, 2.45) is 0 Å². The Balaban J connectivity index is 2.54. The molecule has 0 unspecified atom stereocenters. The molecule has 0 spiro atoms. The average molecular weight is 230 g/mol. The Morgan fingerprint density at radius 2 is 2.13 bits per heavy atom. The van der Waals surface area contributed by atoms with Crippen LogP contribution in [0.4, 0.5) is 0 Å². The molecule has 0 saturated carbocycles. The van der Waals surface area contributed by atoms with Crippen LogP contribution in [0.3, 0.4) is 0 Å². The first-order valence-corrected chi connectivity index (χ1v) is 5.17. The second-order valence-corrected chi connectivity index (χ2v) is 3.56. The lowest BCUT2D eigenvalue weighted by atomic mass is 10.2. The zero-order valence-electron chi connectivity index (χ0n) is 9.05. The molecular weight excluding hydrogens is 214 g/mol. The molecular formula is C11H16ClNO2. The SMILES string of the molecule is COCCNCc1cc(Cl)ccc1OC. The fraction of sp³-hybridized carbons (Fsp3) is 0.455. The molecule has 0 atom stereocenters. The number of rotatable bonds is 6. The van der Waals surface area contributed by atoms with Gasteiger partial charge in [0.2, 0.25) is 0 Å². The van der Waals surface area contributed by atoms with Gasteiger partial charge in [0.25, 0.3) is 0 Å². The molecule has 0 aliphatic rings. The van der Waals surface area contributed by atoms with E-state index >= 15 is 0 Å². The molecule has 0 fully saturated rings. The van der Waals surface area contributed by atoms with E-state index in [2.05, 4.69) is 5.32 Å². The number of hydrogen-bond donors (Lipinski definition) is 1. The summed E-state index contributed by atoms with van der Waals surface area (Å²) < 4.78 is 10.2. The molecule has 1 N–H and O–H groups in total. The van der Waals surface area contributed by atoms with Gasteiger partial charge in [0, 0.05) is 30.8 Å². The molecule has 0 heterocycles. The van der Waals surface area contributed by atoms with Gasteiger partial charge >= 0.3 is 0 Å². The van der Waals surface area contributed by atoms with Gasteiger partial charge in [-0.2, -0.15) is 0 Å². The molecule has 84 valence electrons. The van der Waals surface area contributed by atoms with Crippen molar-refractivity contribution in [2.45, 2.75) is 6.54 Å². The van der Waals surface area contributed by atoms with E-state index in [1.807, 2.05) is 18.2 Å². The van der Waals surface area contributed by atoms with E-state index in [-0.39, 0.29) is 0 Å². The maximum Gasteiger partial charge on any atom is 0.123 e. The number of halogens is 1. The molecule has 0 aliphatic carbocycles. The molecule has 0 aliphatic heterocycles. The Bertz CT molecular complexity index is 305. The van der Waals surface area contributed by atoms with Crippen LogP contribution in [0.1, 0.15) is 5.56 Å². The van der Waals surface area contributed by atoms with Gasteiger partial charge in [-0.15, -0.1) is 0 Å². The van der Waals surface area contributed by atoms with Crippen molar-refractivity contribution in [3.63, 3.8) is 0 Å². The topological polar surface area (TPSA) is 30.5 Å². The van der Waals surface area contributed by atoms with Gasteiger partial charge in [-0.25, -0.2) is 0 Å². The van der Waals surface area contributed by atoms with E-state index in [9.17, 15) is 0 Å². The van der Waals surface area contributed by atoms with Crippen molar-refractivity contribution < 1.29 is 9.47 Å². The van der Waals surface area contributed by atoms with E-state index in [4.69, 9.17) is 21.1 Å². The van der Waals surface area contributed by atoms with Crippen molar-refractivity contribution in [1.82, 2.24) is 5.32 Å². The largest absolute Gasteiger partial charge is 0.496 e. The van der Waals surface area contributed by atoms with Crippen molar-refractivity contribution in [3.05, 3.63) is 28.8 Å². The highest BCUT2D eigenvalue weighted by molar-refractivity contribution is 6.30. The molecule has 4 heteroatoms. The molecule has 0 bridgehead atoms. The summed E-state index contributed by atoms with van der Waals surface area (Å²) >= 11 is 5.91. The van der Waals surface area contributed by atoms with Crippen molar-refractivity contribution in [2.75, 3.05) is 27.4 Å². The fourth-order valence-corrected chi connectivity index (χ4v) is 1.48. The lowest BCUT2D eigenvalue weighted by molar-refractivity contribution is 0.199. The Hall–Kier alpha value is -0.770. The molecule has 1 aromatic carbocycles. The van der Waals surface area contributed by atoms with Gasteiger partial charge in [-0.05, 0) is 18.2 Å². The molecule has 0 radical (unpaired) electrons. The Morgan fingerprint density at radius 1 is 1.33 bits per heavy atom. The summed E-state index contributed by atoms with van der Waals surface area (Å²) in [5, 5.41) is 3.96. The quantitative estimate of drug-likeness (QED) is 0.758. The second kappa shape index (κ2) is 6.67. The minimum Gasteiger partial charge on any atom is -0.496 e. The summed E-state index contributed by atoms with van der Waals surface area (Å²) in [6.45, 7) is 2.24. The summed E-state index contributed by atoms with van der Waals surface area (Å²) in [7, 11) is 3.34. The van der Waals surface area contributed by atoms with Gasteiger partial charge in [-0.1, -0.05) is 11.6 Å². The number of nitrogens with one attached hydrogen (secondary N) is 1. The summed E-state index contributed by atoms with van der Waals surface area (Å²) in [4.78, 5) is 0. The zero-order valence-corrected chi connectivity index (χ0v) is 9.80. The van der Waals surface area contributed by atoms with Crippen LogP contribution >= 0.6 is 11.6 Å². The number of benzene rings is 1. The van der Waals surface area contributed by atoms with Crippen LogP contribution in [-0.2, 0) is 11.3 Å². The molecule has 0 aromatic heterocycles. The first-order chi connectivity index (χ1) is 7.27. The minimum atomic E-state index is 0.697. The van der Waals surface area contributed by atoms with Crippen molar-refractivity contribution >= 4 is 11.6 Å². The summed E-state index contributed by atoms with van der Waals surface area (Å²) in [5.41, 5.74) is 1.06. The molecule has 1 aromatic rings. The van der Waals surface area contributed by atoms with E-state index in [1.165, 1.54) is 0 Å². The Labute approximate surface area is 95.3 Å². The first kappa shape index (κ1) is 12.3. The monoisotopic (exact) mass is 229 g/mol. The third kappa shape index (κ3) is 4.08. The van der Waals surface area contributed by atoms with E-state index in [0.29, 0.717) is 6.61 Å². The molecule has 3 nitrogen and oxygen atoms in total. The predicted octanol–water partition coefficient (Wildman–Crippen LogP) is 2.08. The number of ether oxygens (including phenoxy) is 2. The van der Waals surface area contributed by atoms with Crippen molar-refractivity contribution in [3.8, 4) is 5.75 Å². The lowest BCUT2D eigenvalue weighted by Crippen LogP contribution is -2.18. The predicted molar refractivity (Wildman–Crippen MR) is 61.6 cm³/mol. The van der Waals surface area contributed by atoms with E-state index in [1.54, 1.807) is 14.2 Å². The van der Waals surface area contributed by atoms with Crippen LogP contribution in [0.25, 0.3) is 0 Å². The highest BCUT2D eigenvalue weighted by Gasteiger charge is 2.02. The maximum atomic E-state index is 5.91. The van der Waals surface area contributed by atoms with Crippen LogP contribution in [0.15, 0.2) is 18.2 Å². The van der Waals surface area contributed by atoms with Crippen molar-refractivity contribution in [1.29, 1.82) is 0 Å². The van der Waals surface area contributed by atoms with Gasteiger partial charge in [0.05, 0.1) is 13.7 Å². The van der Waals surface area contributed by atoms with E-state index < -0.39 is 0 Å². The summed E-state index contributed by atoms with van der Waals surface area (Å²) in [6, 6.07) is 5.59. The highest BCUT2D eigenvalue weighted by Crippen LogP contribution is 2.22. The Morgan fingerprint density at radius 3 is 2.80 bits per heavy atom. The third-order valence-electron chi connectivity index (χ3n) is 2.04. The third-order valence-corrected chi connectivity index (χ3v) is 2.28. The number of hydrogen-bond acceptors (Lipinski definition) is 3. The molecule has 1 rings (SSSR count). The van der Waals surface area contributed by atoms with Crippen LogP contribution < -0.4 is 10.1 Å². The van der Waals surface area contributed by atoms with Gasteiger partial charge in [0.15, 0.2) is 0 Å². The Kier molecular flexibility index (Phi) is 5.47. The normalized spacial score (nSPS) is 10.3. The number of methoxy groups -OCH3 is 2. The summed E-state index contributed by atoms with van der Waals surface area (Å²) in [6.07, 6.45) is 0. The van der Waals surface area contributed by atoms with Gasteiger partial charge < -0.3 is 14.8 Å². The molecule has 15 heavy (non-hydrogen) atoms. The molecule has 0 amide bonds. The van der Waals surface area contributed by atoms with Gasteiger partial charge in [-0.3, -0.25) is 0 Å². The second-order valence-electron chi connectivity index (χ2n) is 3.13. The fourth-order valence-electron chi connectivity index (χ4n) is 1.28. The standard InChI is InChI=1S/C11H16ClNO2/c1-14-6-5-13-8-9-7-10(12)3-4-11(9)15-2/h3-4,7,13H,5-6,8H2,1-2H3. The highest BCUT2D eigenvalue weighted by atomic mass is 35.5. The lowest BCUT2D eigenvalue weighted by Gasteiger charge is -2.09.